The second-order valence-electron chi connectivity index (χ2n) is 5.90. The first-order valence-electron chi connectivity index (χ1n) is 7.03. The Hall–Kier alpha value is -0.610. The molecule has 106 valence electrons. The van der Waals surface area contributed by atoms with Crippen LogP contribution >= 0.6 is 0 Å². The van der Waals surface area contributed by atoms with Crippen molar-refractivity contribution in [3.63, 3.8) is 0 Å². The lowest BCUT2D eigenvalue weighted by Gasteiger charge is -2.26. The van der Waals surface area contributed by atoms with Gasteiger partial charge in [-0.2, -0.15) is 0 Å². The van der Waals surface area contributed by atoms with E-state index in [1.807, 2.05) is 0 Å². The summed E-state index contributed by atoms with van der Waals surface area (Å²) in [5.41, 5.74) is -0.777. The lowest BCUT2D eigenvalue weighted by molar-refractivity contribution is -0.144. The molecular weight excluding hydrogens is 228 g/mol. The van der Waals surface area contributed by atoms with Crippen LogP contribution in [-0.2, 0) is 4.79 Å². The summed E-state index contributed by atoms with van der Waals surface area (Å²) in [7, 11) is 3.90. The van der Waals surface area contributed by atoms with Gasteiger partial charge in [0.2, 0.25) is 0 Å². The minimum Gasteiger partial charge on any atom is -0.480 e. The van der Waals surface area contributed by atoms with Gasteiger partial charge in [0.15, 0.2) is 0 Å². The van der Waals surface area contributed by atoms with Crippen LogP contribution in [0.3, 0.4) is 0 Å². The Morgan fingerprint density at radius 1 is 1.50 bits per heavy atom. The molecule has 0 heterocycles. The van der Waals surface area contributed by atoms with Crippen molar-refractivity contribution in [2.45, 2.75) is 57.5 Å². The molecular formula is C14H28N2O2. The number of rotatable bonds is 9. The first kappa shape index (κ1) is 15.4. The summed E-state index contributed by atoms with van der Waals surface area (Å²) in [4.78, 5) is 13.5. The molecule has 2 unspecified atom stereocenters. The summed E-state index contributed by atoms with van der Waals surface area (Å²) in [5.74, 6) is 0.140. The molecule has 0 aliphatic heterocycles. The third-order valence-corrected chi connectivity index (χ3v) is 4.46. The van der Waals surface area contributed by atoms with Gasteiger partial charge >= 0.3 is 5.97 Å². The summed E-state index contributed by atoms with van der Waals surface area (Å²) in [6.07, 6.45) is 5.46. The van der Waals surface area contributed by atoms with Crippen LogP contribution in [0, 0.1) is 5.92 Å². The van der Waals surface area contributed by atoms with Crippen molar-refractivity contribution in [2.24, 2.45) is 5.92 Å². The number of aliphatic carboxylic acids is 1. The molecule has 4 heteroatoms. The standard InChI is InChI=1S/C14H28N2O2/c1-11(12-7-8-12)16(4)10-6-5-9-14(2,15-3)13(17)18/h11-12,15H,5-10H2,1-4H3,(H,17,18). The van der Waals surface area contributed by atoms with Gasteiger partial charge in [0.1, 0.15) is 5.54 Å². The summed E-state index contributed by atoms with van der Waals surface area (Å²) in [6.45, 7) is 5.12. The van der Waals surface area contributed by atoms with Gasteiger partial charge < -0.3 is 15.3 Å². The van der Waals surface area contributed by atoms with E-state index in [0.717, 1.165) is 25.3 Å². The number of carboxylic acids is 1. The Kier molecular flexibility index (Phi) is 5.60. The second kappa shape index (κ2) is 6.53. The monoisotopic (exact) mass is 256 g/mol. The smallest absolute Gasteiger partial charge is 0.323 e. The molecule has 0 amide bonds. The van der Waals surface area contributed by atoms with Crippen LogP contribution < -0.4 is 5.32 Å². The molecule has 0 aromatic heterocycles. The molecule has 2 atom stereocenters. The number of carboxylic acid groups (broad SMARTS) is 1. The first-order valence-corrected chi connectivity index (χ1v) is 7.03. The van der Waals surface area contributed by atoms with Gasteiger partial charge in [-0.1, -0.05) is 0 Å². The number of hydrogen-bond donors (Lipinski definition) is 2. The molecule has 0 spiro atoms. The molecule has 1 aliphatic rings. The predicted octanol–water partition coefficient (Wildman–Crippen LogP) is 1.95. The van der Waals surface area contributed by atoms with Crippen LogP contribution in [0.25, 0.3) is 0 Å². The lowest BCUT2D eigenvalue weighted by Crippen LogP contribution is -2.47. The van der Waals surface area contributed by atoms with Gasteiger partial charge in [-0.3, -0.25) is 4.79 Å². The minimum absolute atomic E-state index is 0.681. The van der Waals surface area contributed by atoms with Crippen LogP contribution in [0.15, 0.2) is 0 Å². The Labute approximate surface area is 111 Å². The fourth-order valence-electron chi connectivity index (χ4n) is 2.32. The highest BCUT2D eigenvalue weighted by Crippen LogP contribution is 2.34. The number of nitrogens with zero attached hydrogens (tertiary/aromatic N) is 1. The highest BCUT2D eigenvalue weighted by molar-refractivity contribution is 5.78. The second-order valence-corrected chi connectivity index (χ2v) is 5.90. The van der Waals surface area contributed by atoms with Gasteiger partial charge in [0, 0.05) is 6.04 Å². The quantitative estimate of drug-likeness (QED) is 0.619. The Morgan fingerprint density at radius 2 is 2.11 bits per heavy atom. The fourth-order valence-corrected chi connectivity index (χ4v) is 2.32. The highest BCUT2D eigenvalue weighted by Gasteiger charge is 2.31. The van der Waals surface area contributed by atoms with Crippen LogP contribution in [0.5, 0.6) is 0 Å². The van der Waals surface area contributed by atoms with Crippen LogP contribution in [0.1, 0.15) is 46.0 Å². The maximum atomic E-state index is 11.1. The third-order valence-electron chi connectivity index (χ3n) is 4.46. The molecule has 0 bridgehead atoms. The van der Waals surface area contributed by atoms with Crippen molar-refractivity contribution >= 4 is 5.97 Å². The van der Waals surface area contributed by atoms with E-state index in [1.165, 1.54) is 12.8 Å². The maximum absolute atomic E-state index is 11.1. The SMILES string of the molecule is CNC(C)(CCCCN(C)C(C)C1CC1)C(=O)O. The summed E-state index contributed by atoms with van der Waals surface area (Å²) in [6, 6.07) is 0.681. The predicted molar refractivity (Wildman–Crippen MR) is 73.8 cm³/mol. The Bertz CT molecular complexity index is 279. The van der Waals surface area contributed by atoms with E-state index in [0.29, 0.717) is 12.5 Å². The largest absolute Gasteiger partial charge is 0.480 e. The van der Waals surface area contributed by atoms with Crippen molar-refractivity contribution in [3.8, 4) is 0 Å². The molecule has 2 N–H and O–H groups in total. The molecule has 0 aromatic rings. The number of likely N-dealkylation sites (N-methyl/N-ethyl adjacent to an activating group) is 1. The normalized spacial score (nSPS) is 20.7. The average molecular weight is 256 g/mol. The number of carbonyl (C=O) groups is 1. The van der Waals surface area contributed by atoms with E-state index >= 15 is 0 Å². The van der Waals surface area contributed by atoms with E-state index in [9.17, 15) is 4.79 Å². The molecule has 1 saturated carbocycles. The molecule has 1 rings (SSSR count). The molecule has 0 aromatic carbocycles. The van der Waals surface area contributed by atoms with Crippen molar-refractivity contribution < 1.29 is 9.90 Å². The van der Waals surface area contributed by atoms with Crippen molar-refractivity contribution in [1.29, 1.82) is 0 Å². The fraction of sp³-hybridized carbons (Fsp3) is 0.929. The van der Waals surface area contributed by atoms with E-state index in [4.69, 9.17) is 5.11 Å². The molecule has 18 heavy (non-hydrogen) atoms. The number of hydrogen-bond acceptors (Lipinski definition) is 3. The van der Waals surface area contributed by atoms with Gasteiger partial charge in [0.05, 0.1) is 0 Å². The maximum Gasteiger partial charge on any atom is 0.323 e. The molecule has 1 aliphatic carbocycles. The van der Waals surface area contributed by atoms with Gasteiger partial charge in [0.25, 0.3) is 0 Å². The van der Waals surface area contributed by atoms with Gasteiger partial charge in [-0.05, 0) is 72.5 Å². The van der Waals surface area contributed by atoms with E-state index < -0.39 is 11.5 Å². The Balaban J connectivity index is 2.19. The minimum atomic E-state index is -0.777. The molecule has 0 radical (unpaired) electrons. The molecule has 0 saturated heterocycles. The van der Waals surface area contributed by atoms with Crippen LogP contribution in [-0.4, -0.2) is 48.2 Å². The zero-order valence-electron chi connectivity index (χ0n) is 12.2. The summed E-state index contributed by atoms with van der Waals surface area (Å²) < 4.78 is 0. The molecule has 4 nitrogen and oxygen atoms in total. The lowest BCUT2D eigenvalue weighted by atomic mass is 9.95. The number of unbranched alkanes of at least 4 members (excludes halogenated alkanes) is 1. The van der Waals surface area contributed by atoms with Gasteiger partial charge in [-0.15, -0.1) is 0 Å². The van der Waals surface area contributed by atoms with E-state index in [1.54, 1.807) is 14.0 Å². The van der Waals surface area contributed by atoms with Crippen LogP contribution in [0.4, 0.5) is 0 Å². The number of nitrogens with one attached hydrogen (secondary N) is 1. The summed E-state index contributed by atoms with van der Waals surface area (Å²) >= 11 is 0. The average Bonchev–Trinajstić information content (AvgIpc) is 3.16. The topological polar surface area (TPSA) is 52.6 Å². The zero-order valence-corrected chi connectivity index (χ0v) is 12.2. The van der Waals surface area contributed by atoms with Crippen LogP contribution in [0.2, 0.25) is 0 Å². The third kappa shape index (κ3) is 4.25. The van der Waals surface area contributed by atoms with Gasteiger partial charge in [-0.25, -0.2) is 0 Å². The Morgan fingerprint density at radius 3 is 2.56 bits per heavy atom. The van der Waals surface area contributed by atoms with Crippen molar-refractivity contribution in [3.05, 3.63) is 0 Å². The zero-order chi connectivity index (χ0) is 13.8. The first-order chi connectivity index (χ1) is 8.40. The molecule has 1 fully saturated rings. The summed E-state index contributed by atoms with van der Waals surface area (Å²) in [5, 5.41) is 12.0. The van der Waals surface area contributed by atoms with E-state index in [-0.39, 0.29) is 0 Å². The van der Waals surface area contributed by atoms with E-state index in [2.05, 4.69) is 24.2 Å². The van der Waals surface area contributed by atoms with Crippen molar-refractivity contribution in [1.82, 2.24) is 10.2 Å². The van der Waals surface area contributed by atoms with Crippen molar-refractivity contribution in [2.75, 3.05) is 20.6 Å². The highest BCUT2D eigenvalue weighted by atomic mass is 16.4.